The number of ether oxygens (including phenoxy) is 2. The van der Waals surface area contributed by atoms with E-state index in [0.717, 1.165) is 13.1 Å². The van der Waals surface area contributed by atoms with Crippen molar-refractivity contribution in [1.82, 2.24) is 10.0 Å². The van der Waals surface area contributed by atoms with Crippen LogP contribution in [0.1, 0.15) is 12.8 Å². The quantitative estimate of drug-likeness (QED) is 0.638. The van der Waals surface area contributed by atoms with Crippen molar-refractivity contribution in [2.24, 2.45) is 0 Å². The SMILES string of the molecule is COCC(CNS(=O)(=O)C1CCNCC1)OC. The molecule has 6 nitrogen and oxygen atoms in total. The molecule has 0 aromatic rings. The van der Waals surface area contributed by atoms with E-state index in [9.17, 15) is 8.42 Å². The summed E-state index contributed by atoms with van der Waals surface area (Å²) in [6.07, 6.45) is 1.09. The first-order chi connectivity index (χ1) is 8.10. The summed E-state index contributed by atoms with van der Waals surface area (Å²) in [5.41, 5.74) is 0. The summed E-state index contributed by atoms with van der Waals surface area (Å²) in [4.78, 5) is 0. The zero-order valence-corrected chi connectivity index (χ0v) is 11.3. The van der Waals surface area contributed by atoms with Crippen molar-refractivity contribution in [3.8, 4) is 0 Å². The van der Waals surface area contributed by atoms with Gasteiger partial charge in [-0.15, -0.1) is 0 Å². The number of rotatable bonds is 7. The molecule has 1 heterocycles. The fraction of sp³-hybridized carbons (Fsp3) is 1.00. The molecule has 7 heteroatoms. The van der Waals surface area contributed by atoms with Crippen molar-refractivity contribution in [3.05, 3.63) is 0 Å². The number of hydrogen-bond acceptors (Lipinski definition) is 5. The van der Waals surface area contributed by atoms with Crippen LogP contribution < -0.4 is 10.0 Å². The van der Waals surface area contributed by atoms with Gasteiger partial charge in [-0.2, -0.15) is 0 Å². The minimum Gasteiger partial charge on any atom is -0.382 e. The van der Waals surface area contributed by atoms with Gasteiger partial charge in [0, 0.05) is 20.8 Å². The summed E-state index contributed by atoms with van der Waals surface area (Å²) >= 11 is 0. The van der Waals surface area contributed by atoms with Gasteiger partial charge in [0.05, 0.1) is 18.0 Å². The lowest BCUT2D eigenvalue weighted by Crippen LogP contribution is -2.44. The topological polar surface area (TPSA) is 76.7 Å². The van der Waals surface area contributed by atoms with Crippen LogP contribution in [0.3, 0.4) is 0 Å². The maximum absolute atomic E-state index is 12.0. The van der Waals surface area contributed by atoms with Crippen molar-refractivity contribution in [1.29, 1.82) is 0 Å². The third-order valence-electron chi connectivity index (χ3n) is 2.92. The highest BCUT2D eigenvalue weighted by Crippen LogP contribution is 2.11. The van der Waals surface area contributed by atoms with Crippen LogP contribution in [0.4, 0.5) is 0 Å². The standard InChI is InChI=1S/C10H22N2O4S/c1-15-8-9(16-2)7-12-17(13,14)10-3-5-11-6-4-10/h9-12H,3-8H2,1-2H3. The Morgan fingerprint density at radius 2 is 2.00 bits per heavy atom. The van der Waals surface area contributed by atoms with Gasteiger partial charge in [-0.25, -0.2) is 13.1 Å². The maximum atomic E-state index is 12.0. The van der Waals surface area contributed by atoms with Crippen LogP contribution in [-0.2, 0) is 19.5 Å². The first kappa shape index (κ1) is 14.8. The van der Waals surface area contributed by atoms with Crippen molar-refractivity contribution < 1.29 is 17.9 Å². The van der Waals surface area contributed by atoms with Crippen LogP contribution in [0.15, 0.2) is 0 Å². The van der Waals surface area contributed by atoms with Gasteiger partial charge in [-0.3, -0.25) is 0 Å². The molecule has 0 aliphatic carbocycles. The van der Waals surface area contributed by atoms with Crippen LogP contribution in [0, 0.1) is 0 Å². The second kappa shape index (κ2) is 7.27. The molecule has 1 atom stereocenters. The summed E-state index contributed by atoms with van der Waals surface area (Å²) in [7, 11) is -0.125. The Kier molecular flexibility index (Phi) is 6.35. The highest BCUT2D eigenvalue weighted by atomic mass is 32.2. The van der Waals surface area contributed by atoms with Crippen LogP contribution in [0.25, 0.3) is 0 Å². The van der Waals surface area contributed by atoms with Gasteiger partial charge in [0.25, 0.3) is 0 Å². The van der Waals surface area contributed by atoms with E-state index in [1.807, 2.05) is 0 Å². The van der Waals surface area contributed by atoms with Crippen LogP contribution >= 0.6 is 0 Å². The normalized spacial score (nSPS) is 20.4. The van der Waals surface area contributed by atoms with Gasteiger partial charge in [-0.1, -0.05) is 0 Å². The number of piperidine rings is 1. The summed E-state index contributed by atoms with van der Waals surface area (Å²) in [6.45, 7) is 2.16. The molecule has 0 aromatic heterocycles. The fourth-order valence-electron chi connectivity index (χ4n) is 1.83. The maximum Gasteiger partial charge on any atom is 0.214 e. The molecule has 0 bridgehead atoms. The largest absolute Gasteiger partial charge is 0.382 e. The lowest BCUT2D eigenvalue weighted by atomic mass is 10.2. The Hall–Kier alpha value is -0.210. The molecular formula is C10H22N2O4S. The Morgan fingerprint density at radius 1 is 1.35 bits per heavy atom. The Labute approximate surface area is 103 Å². The first-order valence-electron chi connectivity index (χ1n) is 5.81. The van der Waals surface area contributed by atoms with Gasteiger partial charge in [0.2, 0.25) is 10.0 Å². The second-order valence-corrected chi connectivity index (χ2v) is 6.20. The minimum atomic E-state index is -3.23. The smallest absolute Gasteiger partial charge is 0.214 e. The molecule has 1 rings (SSSR count). The molecule has 1 saturated heterocycles. The predicted molar refractivity (Wildman–Crippen MR) is 65.5 cm³/mol. The van der Waals surface area contributed by atoms with E-state index in [4.69, 9.17) is 9.47 Å². The number of methoxy groups -OCH3 is 2. The number of hydrogen-bond donors (Lipinski definition) is 2. The van der Waals surface area contributed by atoms with E-state index in [2.05, 4.69) is 10.0 Å². The molecule has 1 unspecified atom stereocenters. The zero-order chi connectivity index (χ0) is 12.7. The highest BCUT2D eigenvalue weighted by molar-refractivity contribution is 7.90. The zero-order valence-electron chi connectivity index (χ0n) is 10.4. The first-order valence-corrected chi connectivity index (χ1v) is 7.35. The van der Waals surface area contributed by atoms with Gasteiger partial charge >= 0.3 is 0 Å². The van der Waals surface area contributed by atoms with E-state index >= 15 is 0 Å². The second-order valence-electron chi connectivity index (χ2n) is 4.16. The van der Waals surface area contributed by atoms with Gasteiger partial charge in [-0.05, 0) is 25.9 Å². The molecule has 17 heavy (non-hydrogen) atoms. The third-order valence-corrected chi connectivity index (χ3v) is 4.84. The number of sulfonamides is 1. The van der Waals surface area contributed by atoms with Crippen LogP contribution in [0.2, 0.25) is 0 Å². The Bertz CT molecular complexity index is 301. The van der Waals surface area contributed by atoms with E-state index in [1.54, 1.807) is 14.2 Å². The molecule has 0 amide bonds. The predicted octanol–water partition coefficient (Wildman–Crippen LogP) is -0.681. The average Bonchev–Trinajstić information content (AvgIpc) is 2.35. The summed E-state index contributed by atoms with van der Waals surface area (Å²) in [5, 5.41) is 2.86. The van der Waals surface area contributed by atoms with Crippen molar-refractivity contribution in [3.63, 3.8) is 0 Å². The van der Waals surface area contributed by atoms with E-state index < -0.39 is 10.0 Å². The molecule has 0 aromatic carbocycles. The van der Waals surface area contributed by atoms with Crippen LogP contribution in [-0.4, -0.2) is 60.2 Å². The van der Waals surface area contributed by atoms with Crippen molar-refractivity contribution >= 4 is 10.0 Å². The number of nitrogens with one attached hydrogen (secondary N) is 2. The Balaban J connectivity index is 2.42. The van der Waals surface area contributed by atoms with E-state index in [0.29, 0.717) is 19.4 Å². The highest BCUT2D eigenvalue weighted by Gasteiger charge is 2.27. The monoisotopic (exact) mass is 266 g/mol. The molecule has 0 radical (unpaired) electrons. The molecule has 0 spiro atoms. The molecule has 1 aliphatic heterocycles. The summed E-state index contributed by atoms with van der Waals surface area (Å²) < 4.78 is 36.6. The van der Waals surface area contributed by atoms with Crippen molar-refractivity contribution in [2.45, 2.75) is 24.2 Å². The lowest BCUT2D eigenvalue weighted by molar-refractivity contribution is 0.0319. The lowest BCUT2D eigenvalue weighted by Gasteiger charge is -2.24. The molecule has 0 saturated carbocycles. The molecule has 1 fully saturated rings. The van der Waals surface area contributed by atoms with Gasteiger partial charge < -0.3 is 14.8 Å². The summed E-state index contributed by atoms with van der Waals surface area (Å²) in [6, 6.07) is 0. The van der Waals surface area contributed by atoms with E-state index in [-0.39, 0.29) is 17.9 Å². The van der Waals surface area contributed by atoms with Gasteiger partial charge in [0.1, 0.15) is 0 Å². The minimum absolute atomic E-state index is 0.239. The fourth-order valence-corrected chi connectivity index (χ4v) is 3.34. The van der Waals surface area contributed by atoms with E-state index in [1.165, 1.54) is 0 Å². The van der Waals surface area contributed by atoms with Crippen molar-refractivity contribution in [2.75, 3.05) is 40.5 Å². The Morgan fingerprint density at radius 3 is 2.53 bits per heavy atom. The summed E-state index contributed by atoms with van der Waals surface area (Å²) in [5.74, 6) is 0. The average molecular weight is 266 g/mol. The molecular weight excluding hydrogens is 244 g/mol. The molecule has 1 aliphatic rings. The van der Waals surface area contributed by atoms with Gasteiger partial charge in [0.15, 0.2) is 0 Å². The third kappa shape index (κ3) is 4.89. The molecule has 2 N–H and O–H groups in total. The molecule has 102 valence electrons. The van der Waals surface area contributed by atoms with Crippen LogP contribution in [0.5, 0.6) is 0 Å².